The molecular formula is C26H44Cl2N2Ti-2. The Morgan fingerprint density at radius 3 is 1.19 bits per heavy atom. The molecule has 5 aliphatic carbocycles. The maximum atomic E-state index is 5.64. The van der Waals surface area contributed by atoms with Gasteiger partial charge in [-0.15, -0.1) is 12.1 Å². The molecule has 8 atom stereocenters. The summed E-state index contributed by atoms with van der Waals surface area (Å²) in [6, 6.07) is 2.52. The summed E-state index contributed by atoms with van der Waals surface area (Å²) in [6.07, 6.45) is 26.0. The Balaban J connectivity index is 0.000000730. The average Bonchev–Trinajstić information content (AvgIpc) is 2.81. The summed E-state index contributed by atoms with van der Waals surface area (Å²) < 4.78 is 0. The van der Waals surface area contributed by atoms with Gasteiger partial charge in [0.1, 0.15) is 0 Å². The molecule has 0 aromatic heterocycles. The molecule has 5 saturated carbocycles. The molecule has 0 aromatic rings. The van der Waals surface area contributed by atoms with Crippen LogP contribution in [0.3, 0.4) is 0 Å². The summed E-state index contributed by atoms with van der Waals surface area (Å²) in [5.41, 5.74) is 0. The van der Waals surface area contributed by atoms with E-state index in [0.29, 0.717) is 24.2 Å². The van der Waals surface area contributed by atoms with E-state index in [0.717, 1.165) is 23.7 Å². The fourth-order valence-electron chi connectivity index (χ4n) is 8.11. The van der Waals surface area contributed by atoms with Crippen LogP contribution >= 0.6 is 18.6 Å². The second-order valence-electron chi connectivity index (χ2n) is 11.2. The summed E-state index contributed by atoms with van der Waals surface area (Å²) in [7, 11) is 9.78. The Morgan fingerprint density at radius 2 is 0.742 bits per heavy atom. The van der Waals surface area contributed by atoms with Gasteiger partial charge in [0, 0.05) is 0 Å². The van der Waals surface area contributed by atoms with Gasteiger partial charge in [0.25, 0.3) is 0 Å². The second-order valence-corrected chi connectivity index (χ2v) is 13.8. The third kappa shape index (κ3) is 6.88. The SMILES string of the molecule is C1CCC2C(C1)CCCC2[N-]C1CCCCC1[N-]C1CCCC2CCCCC21.[Cl][Ti][Cl]. The molecule has 2 nitrogen and oxygen atoms in total. The fourth-order valence-corrected chi connectivity index (χ4v) is 8.11. The zero-order chi connectivity index (χ0) is 21.5. The maximum absolute atomic E-state index is 5.64. The van der Waals surface area contributed by atoms with Gasteiger partial charge in [-0.05, 0) is 11.8 Å². The minimum atomic E-state index is -0.556. The van der Waals surface area contributed by atoms with Crippen molar-refractivity contribution < 1.29 is 17.0 Å². The topological polar surface area (TPSA) is 28.2 Å². The van der Waals surface area contributed by atoms with Gasteiger partial charge in [0.05, 0.1) is 0 Å². The van der Waals surface area contributed by atoms with Crippen LogP contribution in [-0.4, -0.2) is 24.2 Å². The van der Waals surface area contributed by atoms with E-state index in [1.54, 1.807) is 0 Å². The molecule has 5 aliphatic rings. The number of halogens is 2. The Labute approximate surface area is 208 Å². The third-order valence-corrected chi connectivity index (χ3v) is 9.53. The van der Waals surface area contributed by atoms with Gasteiger partial charge in [-0.1, -0.05) is 127 Å². The van der Waals surface area contributed by atoms with Crippen LogP contribution in [0.1, 0.15) is 116 Å². The van der Waals surface area contributed by atoms with Crippen molar-refractivity contribution in [2.24, 2.45) is 23.7 Å². The molecule has 31 heavy (non-hydrogen) atoms. The predicted molar refractivity (Wildman–Crippen MR) is 131 cm³/mol. The first-order valence-electron chi connectivity index (χ1n) is 13.7. The van der Waals surface area contributed by atoms with Crippen LogP contribution in [0, 0.1) is 23.7 Å². The van der Waals surface area contributed by atoms with Crippen LogP contribution in [0.15, 0.2) is 0 Å². The zero-order valence-corrected chi connectivity index (χ0v) is 22.6. The molecule has 0 saturated heterocycles. The van der Waals surface area contributed by atoms with E-state index in [1.807, 2.05) is 0 Å². The molecular weight excluding hydrogens is 459 g/mol. The van der Waals surface area contributed by atoms with Gasteiger partial charge in [0.15, 0.2) is 0 Å². The summed E-state index contributed by atoms with van der Waals surface area (Å²) in [5.74, 6) is 3.89. The molecule has 178 valence electrons. The standard InChI is InChI=1S/C26H44N2.2ClH.Ti/c1-3-13-21-19(9-1)11-7-17-23(21)27-25-15-5-6-16-26(25)28-24-18-8-12-20-10-2-4-14-22(20)24;;;/h19-26H,1-18H2;2*1H;/q-2;;;+2/p-2. The summed E-state index contributed by atoms with van der Waals surface area (Å²) >= 11 is -0.556. The normalized spacial score (nSPS) is 43.0. The number of hydrogen-bond donors (Lipinski definition) is 0. The van der Waals surface area contributed by atoms with Crippen molar-refractivity contribution in [3.8, 4) is 0 Å². The molecule has 0 spiro atoms. The summed E-state index contributed by atoms with van der Waals surface area (Å²) in [6.45, 7) is 0. The molecule has 5 rings (SSSR count). The van der Waals surface area contributed by atoms with Crippen molar-refractivity contribution in [2.75, 3.05) is 0 Å². The van der Waals surface area contributed by atoms with Gasteiger partial charge in [0.2, 0.25) is 0 Å². The molecule has 5 fully saturated rings. The monoisotopic (exact) mass is 502 g/mol. The Kier molecular flexibility index (Phi) is 10.9. The minimum absolute atomic E-state index is 0.556. The number of fused-ring (bicyclic) bond motifs is 2. The van der Waals surface area contributed by atoms with E-state index in [4.69, 9.17) is 29.2 Å². The van der Waals surface area contributed by atoms with Crippen LogP contribution < -0.4 is 0 Å². The summed E-state index contributed by atoms with van der Waals surface area (Å²) in [4.78, 5) is 0. The predicted octanol–water partition coefficient (Wildman–Crippen LogP) is 9.14. The third-order valence-electron chi connectivity index (χ3n) is 9.53. The Morgan fingerprint density at radius 1 is 0.419 bits per heavy atom. The van der Waals surface area contributed by atoms with Gasteiger partial charge in [-0.2, -0.15) is 12.1 Å². The van der Waals surface area contributed by atoms with Crippen LogP contribution in [-0.2, 0) is 17.0 Å². The molecule has 5 heteroatoms. The number of nitrogens with zero attached hydrogens (tertiary/aromatic N) is 2. The van der Waals surface area contributed by atoms with E-state index in [-0.39, 0.29) is 0 Å². The van der Waals surface area contributed by atoms with Crippen LogP contribution in [0.25, 0.3) is 10.6 Å². The first-order valence-corrected chi connectivity index (χ1v) is 18.0. The fraction of sp³-hybridized carbons (Fsp3) is 1.00. The molecule has 0 aliphatic heterocycles. The van der Waals surface area contributed by atoms with E-state index >= 15 is 0 Å². The van der Waals surface area contributed by atoms with Crippen molar-refractivity contribution in [1.29, 1.82) is 0 Å². The van der Waals surface area contributed by atoms with Crippen molar-refractivity contribution >= 4 is 18.6 Å². The summed E-state index contributed by atoms with van der Waals surface area (Å²) in [5, 5.41) is 11.3. The molecule has 8 unspecified atom stereocenters. The zero-order valence-electron chi connectivity index (χ0n) is 19.5. The number of rotatable bonds is 4. The van der Waals surface area contributed by atoms with Crippen molar-refractivity contribution in [3.05, 3.63) is 10.6 Å². The van der Waals surface area contributed by atoms with E-state index < -0.39 is 17.0 Å². The van der Waals surface area contributed by atoms with Gasteiger partial charge in [-0.3, -0.25) is 0 Å². The van der Waals surface area contributed by atoms with Crippen LogP contribution in [0.5, 0.6) is 0 Å². The molecule has 0 N–H and O–H groups in total. The van der Waals surface area contributed by atoms with Crippen molar-refractivity contribution in [2.45, 2.75) is 140 Å². The van der Waals surface area contributed by atoms with Gasteiger partial charge >= 0.3 is 35.6 Å². The van der Waals surface area contributed by atoms with E-state index in [2.05, 4.69) is 0 Å². The Hall–Kier alpha value is 1.21. The van der Waals surface area contributed by atoms with Gasteiger partial charge < -0.3 is 10.6 Å². The number of hydrogen-bond acceptors (Lipinski definition) is 0. The Bertz CT molecular complexity index is 474. The van der Waals surface area contributed by atoms with Crippen LogP contribution in [0.2, 0.25) is 0 Å². The van der Waals surface area contributed by atoms with E-state index in [1.165, 1.54) is 116 Å². The van der Waals surface area contributed by atoms with E-state index in [9.17, 15) is 0 Å². The molecule has 0 radical (unpaired) electrons. The molecule has 0 amide bonds. The quantitative estimate of drug-likeness (QED) is 0.342. The van der Waals surface area contributed by atoms with Crippen molar-refractivity contribution in [3.63, 3.8) is 0 Å². The van der Waals surface area contributed by atoms with Crippen LogP contribution in [0.4, 0.5) is 0 Å². The average molecular weight is 503 g/mol. The molecule has 0 aromatic carbocycles. The second kappa shape index (κ2) is 13.3. The molecule has 0 bridgehead atoms. The van der Waals surface area contributed by atoms with Gasteiger partial charge in [-0.25, -0.2) is 0 Å². The first-order chi connectivity index (χ1) is 15.3. The molecule has 0 heterocycles. The van der Waals surface area contributed by atoms with Crippen molar-refractivity contribution in [1.82, 2.24) is 0 Å². The first kappa shape index (κ1) is 25.3.